The van der Waals surface area contributed by atoms with E-state index in [0.717, 1.165) is 5.56 Å². The number of phenolic OH excluding ortho intramolecular Hbond substituents is 1. The first kappa shape index (κ1) is 42.7. The molecule has 2 atom stereocenters. The van der Waals surface area contributed by atoms with Crippen molar-refractivity contribution in [3.63, 3.8) is 0 Å². The van der Waals surface area contributed by atoms with Gasteiger partial charge in [0.15, 0.2) is 0 Å². The molecular weight excluding hydrogens is 768 g/mol. The number of phenols is 1. The van der Waals surface area contributed by atoms with Gasteiger partial charge in [-0.05, 0) is 28.0 Å². The van der Waals surface area contributed by atoms with Gasteiger partial charge in [0.2, 0.25) is 0 Å². The Morgan fingerprint density at radius 2 is 0.842 bits per heavy atom. The summed E-state index contributed by atoms with van der Waals surface area (Å²) in [4.78, 5) is 0. The van der Waals surface area contributed by atoms with E-state index >= 15 is 0 Å². The maximum atomic E-state index is 9.84. The van der Waals surface area contributed by atoms with Crippen molar-refractivity contribution in [3.8, 4) is 28.0 Å². The zero-order valence-electron chi connectivity index (χ0n) is 37.3. The molecule has 0 spiro atoms. The summed E-state index contributed by atoms with van der Waals surface area (Å²) in [5, 5.41) is 9.84. The van der Waals surface area contributed by atoms with Gasteiger partial charge in [0.05, 0.1) is 0 Å². The average molecular weight is 834 g/mol. The second-order valence-electron chi connectivity index (χ2n) is 20.7. The fraction of sp³-hybridized carbons (Fsp3) is 0.364. The van der Waals surface area contributed by atoms with Crippen molar-refractivity contribution < 1.29 is 26.4 Å². The molecule has 2 aliphatic rings. The molecule has 0 bridgehead atoms. The number of benzene rings is 5. The SMILES string of the molecule is CC(C)(C)c1ccc(O)c(C(C)(C)C)c1.[CH2]=[Zr]([CH]1C(C)=Cc2c(-c3ccc(C(C)(C)C)cc3)cccc21)[CH]1C(C)=Cc2c(-c3ccc(C(C)(C)C)cc3)cccc21. The van der Waals surface area contributed by atoms with Gasteiger partial charge in [-0.25, -0.2) is 0 Å². The molecule has 0 fully saturated rings. The average Bonchev–Trinajstić information content (AvgIpc) is 3.65. The Hall–Kier alpha value is -3.87. The van der Waals surface area contributed by atoms with Crippen LogP contribution >= 0.6 is 0 Å². The number of fused-ring (bicyclic) bond motifs is 2. The van der Waals surface area contributed by atoms with Crippen molar-refractivity contribution in [3.05, 3.63) is 159 Å². The van der Waals surface area contributed by atoms with Crippen LogP contribution in [0.5, 0.6) is 5.75 Å². The molecular formula is C55H66OZr. The molecule has 0 aliphatic heterocycles. The molecule has 2 heteroatoms. The standard InChI is InChI=1S/2C20H21.C14H22O.CH2.Zr/c2*1-14-12-16-6-5-7-18(19(16)13-14)15-8-10-17(11-9-15)20(2,3)4;1-13(2,3)10-7-8-12(15)11(9-10)14(4,5)6;;/h2*5-13H,1-4H3;7-9,15H,1-6H3;1H2;. The van der Waals surface area contributed by atoms with Crippen LogP contribution in [0.25, 0.3) is 34.4 Å². The molecule has 2 aliphatic carbocycles. The molecule has 0 radical (unpaired) electrons. The van der Waals surface area contributed by atoms with Gasteiger partial charge in [0, 0.05) is 0 Å². The molecule has 5 aromatic rings. The number of hydrogen-bond acceptors (Lipinski definition) is 1. The number of hydrogen-bond donors (Lipinski definition) is 1. The van der Waals surface area contributed by atoms with Crippen molar-refractivity contribution in [2.45, 2.75) is 126 Å². The third kappa shape index (κ3) is 8.93. The monoisotopic (exact) mass is 832 g/mol. The van der Waals surface area contributed by atoms with Crippen molar-refractivity contribution in [1.29, 1.82) is 0 Å². The Morgan fingerprint density at radius 3 is 1.19 bits per heavy atom. The van der Waals surface area contributed by atoms with Gasteiger partial charge in [-0.2, -0.15) is 0 Å². The molecule has 0 amide bonds. The van der Waals surface area contributed by atoms with Crippen molar-refractivity contribution >= 4 is 16.4 Å². The van der Waals surface area contributed by atoms with E-state index in [-0.39, 0.29) is 21.7 Å². The van der Waals surface area contributed by atoms with Crippen LogP contribution < -0.4 is 0 Å². The summed E-state index contributed by atoms with van der Waals surface area (Å²) in [7, 11) is 0. The molecule has 0 saturated carbocycles. The summed E-state index contributed by atoms with van der Waals surface area (Å²) < 4.78 is 6.08. The van der Waals surface area contributed by atoms with Crippen molar-refractivity contribution in [2.75, 3.05) is 0 Å². The predicted octanol–water partition coefficient (Wildman–Crippen LogP) is 15.3. The molecule has 0 heterocycles. The number of aromatic hydroxyl groups is 1. The van der Waals surface area contributed by atoms with Crippen LogP contribution in [0.1, 0.15) is 149 Å². The summed E-state index contributed by atoms with van der Waals surface area (Å²) in [6.07, 6.45) is 4.95. The van der Waals surface area contributed by atoms with Crippen LogP contribution in [-0.4, -0.2) is 9.32 Å². The Labute approximate surface area is 353 Å². The van der Waals surface area contributed by atoms with E-state index in [4.69, 9.17) is 4.21 Å². The Bertz CT molecular complexity index is 2220. The molecule has 0 saturated heterocycles. The Kier molecular flexibility index (Phi) is 11.8. The minimum absolute atomic E-state index is 0.00859. The number of rotatable bonds is 4. The van der Waals surface area contributed by atoms with Crippen LogP contribution in [0.3, 0.4) is 0 Å². The van der Waals surface area contributed by atoms with Gasteiger partial charge in [0.1, 0.15) is 5.75 Å². The quantitative estimate of drug-likeness (QED) is 0.191. The van der Waals surface area contributed by atoms with E-state index in [1.165, 1.54) is 72.3 Å². The summed E-state index contributed by atoms with van der Waals surface area (Å²) in [5.74, 6) is 0.399. The molecule has 1 N–H and O–H groups in total. The second kappa shape index (κ2) is 15.7. The van der Waals surface area contributed by atoms with E-state index in [2.05, 4.69) is 200 Å². The van der Waals surface area contributed by atoms with Crippen LogP contribution in [0.15, 0.2) is 114 Å². The summed E-state index contributed by atoms with van der Waals surface area (Å²) in [6.45, 7) is 31.3. The summed E-state index contributed by atoms with van der Waals surface area (Å²) in [6, 6.07) is 38.3. The van der Waals surface area contributed by atoms with Crippen molar-refractivity contribution in [1.82, 2.24) is 0 Å². The Morgan fingerprint density at radius 1 is 0.474 bits per heavy atom. The van der Waals surface area contributed by atoms with E-state index in [1.807, 2.05) is 6.07 Å². The van der Waals surface area contributed by atoms with E-state index < -0.39 is 21.3 Å². The topological polar surface area (TPSA) is 20.2 Å². The van der Waals surface area contributed by atoms with Gasteiger partial charge >= 0.3 is 263 Å². The zero-order chi connectivity index (χ0) is 41.8. The van der Waals surface area contributed by atoms with Crippen LogP contribution in [0, 0.1) is 0 Å². The third-order valence-electron chi connectivity index (χ3n) is 12.1. The number of allylic oxidation sites excluding steroid dienone is 2. The first-order valence-electron chi connectivity index (χ1n) is 20.8. The predicted molar refractivity (Wildman–Crippen MR) is 247 cm³/mol. The van der Waals surface area contributed by atoms with Gasteiger partial charge in [-0.3, -0.25) is 0 Å². The van der Waals surface area contributed by atoms with Gasteiger partial charge < -0.3 is 5.11 Å². The molecule has 5 aromatic carbocycles. The fourth-order valence-corrected chi connectivity index (χ4v) is 16.0. The van der Waals surface area contributed by atoms with Crippen LogP contribution in [-0.2, 0) is 42.9 Å². The summed E-state index contributed by atoms with van der Waals surface area (Å²) >= 11 is -2.31. The first-order valence-corrected chi connectivity index (χ1v) is 25.4. The maximum absolute atomic E-state index is 9.84. The van der Waals surface area contributed by atoms with Gasteiger partial charge in [-0.1, -0.05) is 53.7 Å². The fourth-order valence-electron chi connectivity index (χ4n) is 8.66. The van der Waals surface area contributed by atoms with Crippen molar-refractivity contribution in [2.24, 2.45) is 0 Å². The molecule has 2 unspecified atom stereocenters. The molecule has 7 rings (SSSR count). The van der Waals surface area contributed by atoms with Gasteiger partial charge in [0.25, 0.3) is 0 Å². The molecule has 57 heavy (non-hydrogen) atoms. The van der Waals surface area contributed by atoms with E-state index in [9.17, 15) is 5.11 Å². The summed E-state index contributed by atoms with van der Waals surface area (Å²) in [5.41, 5.74) is 19.7. The zero-order valence-corrected chi connectivity index (χ0v) is 39.7. The second-order valence-corrected chi connectivity index (χ2v) is 26.4. The van der Waals surface area contributed by atoms with E-state index in [0.29, 0.717) is 13.0 Å². The molecule has 0 aromatic heterocycles. The molecule has 1 nitrogen and oxygen atoms in total. The third-order valence-corrected chi connectivity index (χ3v) is 19.5. The van der Waals surface area contributed by atoms with E-state index in [1.54, 1.807) is 6.07 Å². The van der Waals surface area contributed by atoms with Crippen LogP contribution in [0.4, 0.5) is 0 Å². The first-order chi connectivity index (χ1) is 26.5. The minimum atomic E-state index is -2.31. The van der Waals surface area contributed by atoms with Gasteiger partial charge in [-0.15, -0.1) is 0 Å². The van der Waals surface area contributed by atoms with Crippen LogP contribution in [0.2, 0.25) is 0 Å². The molecule has 296 valence electrons. The normalized spacial score (nSPS) is 16.6. The Balaban J connectivity index is 0.000000309.